The minimum atomic E-state index is -3.65. The van der Waals surface area contributed by atoms with Crippen LogP contribution in [0.2, 0.25) is 0 Å². The number of nitrogens with two attached hydrogens (primary N) is 1. The van der Waals surface area contributed by atoms with Gasteiger partial charge in [0.2, 0.25) is 10.0 Å². The van der Waals surface area contributed by atoms with E-state index in [0.717, 1.165) is 12.8 Å². The molecule has 1 aromatic carbocycles. The Morgan fingerprint density at radius 3 is 2.26 bits per heavy atom. The number of aliphatic hydroxyl groups excluding tert-OH is 1. The highest BCUT2D eigenvalue weighted by atomic mass is 79.9. The Morgan fingerprint density at radius 1 is 1.32 bits per heavy atom. The lowest BCUT2D eigenvalue weighted by molar-refractivity contribution is 0.213. The van der Waals surface area contributed by atoms with Crippen LogP contribution in [0, 0.1) is 5.41 Å². The van der Waals surface area contributed by atoms with E-state index in [1.807, 2.05) is 0 Å². The fourth-order valence-corrected chi connectivity index (χ4v) is 5.50. The molecule has 0 unspecified atom stereocenters. The molecule has 0 bridgehead atoms. The number of anilines is 1. The van der Waals surface area contributed by atoms with Crippen molar-refractivity contribution in [3.05, 3.63) is 21.1 Å². The molecule has 2 rings (SSSR count). The number of hydrogen-bond donors (Lipinski definition) is 3. The summed E-state index contributed by atoms with van der Waals surface area (Å²) in [6, 6.07) is 3.08. The van der Waals surface area contributed by atoms with Crippen molar-refractivity contribution in [2.45, 2.75) is 17.7 Å². The average molecular weight is 414 g/mol. The lowest BCUT2D eigenvalue weighted by atomic mass is 10.1. The summed E-state index contributed by atoms with van der Waals surface area (Å²) in [6.07, 6.45) is 1.69. The van der Waals surface area contributed by atoms with Gasteiger partial charge in [0, 0.05) is 33.2 Å². The van der Waals surface area contributed by atoms with Crippen LogP contribution in [0.1, 0.15) is 12.8 Å². The Labute approximate surface area is 128 Å². The number of benzene rings is 1. The molecule has 0 saturated heterocycles. The highest BCUT2D eigenvalue weighted by Crippen LogP contribution is 2.44. The zero-order chi connectivity index (χ0) is 14.3. The Balaban J connectivity index is 2.25. The second kappa shape index (κ2) is 5.33. The first-order valence-electron chi connectivity index (χ1n) is 5.65. The molecule has 106 valence electrons. The van der Waals surface area contributed by atoms with E-state index < -0.39 is 10.0 Å². The summed E-state index contributed by atoms with van der Waals surface area (Å²) >= 11 is 6.42. The normalized spacial score (nSPS) is 17.4. The summed E-state index contributed by atoms with van der Waals surface area (Å²) in [5.41, 5.74) is 5.82. The number of rotatable bonds is 5. The summed E-state index contributed by atoms with van der Waals surface area (Å²) in [5.74, 6) is 0. The zero-order valence-electron chi connectivity index (χ0n) is 9.99. The minimum absolute atomic E-state index is 0.000400. The van der Waals surface area contributed by atoms with Gasteiger partial charge in [-0.2, -0.15) is 0 Å². The predicted octanol–water partition coefficient (Wildman–Crippen LogP) is 1.84. The molecule has 8 heteroatoms. The van der Waals surface area contributed by atoms with Gasteiger partial charge in [-0.3, -0.25) is 0 Å². The third kappa shape index (κ3) is 3.30. The number of nitrogens with one attached hydrogen (secondary N) is 1. The summed E-state index contributed by atoms with van der Waals surface area (Å²) in [7, 11) is -3.65. The van der Waals surface area contributed by atoms with E-state index in [1.165, 1.54) is 12.1 Å². The quantitative estimate of drug-likeness (QED) is 0.642. The summed E-state index contributed by atoms with van der Waals surface area (Å²) < 4.78 is 27.9. The van der Waals surface area contributed by atoms with Crippen molar-refractivity contribution in [1.29, 1.82) is 0 Å². The molecule has 19 heavy (non-hydrogen) atoms. The molecule has 0 aromatic heterocycles. The summed E-state index contributed by atoms with van der Waals surface area (Å²) in [4.78, 5) is 0.121. The van der Waals surface area contributed by atoms with Gasteiger partial charge in [0.15, 0.2) is 0 Å². The lowest BCUT2D eigenvalue weighted by Crippen LogP contribution is -2.32. The smallest absolute Gasteiger partial charge is 0.242 e. The summed E-state index contributed by atoms with van der Waals surface area (Å²) in [6.45, 7) is 0.245. The van der Waals surface area contributed by atoms with Gasteiger partial charge in [-0.15, -0.1) is 0 Å². The molecule has 0 heterocycles. The van der Waals surface area contributed by atoms with E-state index in [2.05, 4.69) is 36.6 Å². The average Bonchev–Trinajstić information content (AvgIpc) is 3.05. The Kier molecular flexibility index (Phi) is 4.27. The highest BCUT2D eigenvalue weighted by Gasteiger charge is 2.42. The van der Waals surface area contributed by atoms with Crippen LogP contribution in [-0.2, 0) is 10.0 Å². The second-order valence-corrected chi connectivity index (χ2v) is 8.21. The van der Waals surface area contributed by atoms with Crippen molar-refractivity contribution >= 4 is 47.6 Å². The minimum Gasteiger partial charge on any atom is -0.399 e. The van der Waals surface area contributed by atoms with Crippen LogP contribution >= 0.6 is 31.9 Å². The van der Waals surface area contributed by atoms with Crippen LogP contribution < -0.4 is 10.5 Å². The Bertz CT molecular complexity index is 577. The Hall–Kier alpha value is -0.150. The zero-order valence-corrected chi connectivity index (χ0v) is 14.0. The van der Waals surface area contributed by atoms with Crippen LogP contribution in [0.25, 0.3) is 0 Å². The highest BCUT2D eigenvalue weighted by molar-refractivity contribution is 9.11. The topological polar surface area (TPSA) is 92.4 Å². The van der Waals surface area contributed by atoms with Crippen molar-refractivity contribution in [3.63, 3.8) is 0 Å². The summed E-state index contributed by atoms with van der Waals surface area (Å²) in [5, 5.41) is 9.20. The number of aliphatic hydroxyl groups is 1. The third-order valence-corrected chi connectivity index (χ3v) is 6.50. The SMILES string of the molecule is Nc1cc(Br)c(S(=O)(=O)NCC2(CO)CC2)c(Br)c1. The molecular weight excluding hydrogens is 400 g/mol. The molecule has 0 amide bonds. The van der Waals surface area contributed by atoms with Crippen molar-refractivity contribution in [2.24, 2.45) is 5.41 Å². The largest absolute Gasteiger partial charge is 0.399 e. The van der Waals surface area contributed by atoms with Crippen molar-refractivity contribution in [1.82, 2.24) is 4.72 Å². The molecule has 5 nitrogen and oxygen atoms in total. The second-order valence-electron chi connectivity index (χ2n) is 4.80. The van der Waals surface area contributed by atoms with Crippen LogP contribution in [0.5, 0.6) is 0 Å². The maximum atomic E-state index is 12.3. The van der Waals surface area contributed by atoms with E-state index in [-0.39, 0.29) is 23.5 Å². The fraction of sp³-hybridized carbons (Fsp3) is 0.455. The van der Waals surface area contributed by atoms with Gasteiger partial charge in [-0.25, -0.2) is 13.1 Å². The first-order chi connectivity index (χ1) is 8.80. The van der Waals surface area contributed by atoms with Gasteiger partial charge in [0.25, 0.3) is 0 Å². The van der Waals surface area contributed by atoms with Crippen LogP contribution in [0.3, 0.4) is 0 Å². The third-order valence-electron chi connectivity index (χ3n) is 3.22. The monoisotopic (exact) mass is 412 g/mol. The molecule has 0 radical (unpaired) electrons. The number of hydrogen-bond acceptors (Lipinski definition) is 4. The van der Waals surface area contributed by atoms with E-state index in [9.17, 15) is 13.5 Å². The first-order valence-corrected chi connectivity index (χ1v) is 8.72. The van der Waals surface area contributed by atoms with Gasteiger partial charge in [0.1, 0.15) is 4.90 Å². The molecule has 1 aromatic rings. The molecule has 0 aliphatic heterocycles. The molecule has 0 spiro atoms. The molecule has 0 atom stereocenters. The fourth-order valence-electron chi connectivity index (χ4n) is 1.72. The maximum absolute atomic E-state index is 12.3. The molecular formula is C11H14Br2N2O3S. The molecule has 1 fully saturated rings. The van der Waals surface area contributed by atoms with Crippen LogP contribution in [0.15, 0.2) is 26.0 Å². The Morgan fingerprint density at radius 2 is 1.84 bits per heavy atom. The molecule has 4 N–H and O–H groups in total. The first kappa shape index (κ1) is 15.2. The van der Waals surface area contributed by atoms with Gasteiger partial charge in [-0.1, -0.05) is 0 Å². The lowest BCUT2D eigenvalue weighted by Gasteiger charge is -2.15. The van der Waals surface area contributed by atoms with Gasteiger partial charge in [0.05, 0.1) is 0 Å². The molecule has 1 aliphatic carbocycles. The maximum Gasteiger partial charge on any atom is 0.242 e. The van der Waals surface area contributed by atoms with Crippen LogP contribution in [-0.4, -0.2) is 26.7 Å². The van der Waals surface area contributed by atoms with Gasteiger partial charge in [-0.05, 0) is 56.8 Å². The predicted molar refractivity (Wildman–Crippen MR) is 80.2 cm³/mol. The number of sulfonamides is 1. The molecule has 1 aliphatic rings. The van der Waals surface area contributed by atoms with E-state index in [1.54, 1.807) is 0 Å². The van der Waals surface area contributed by atoms with Crippen molar-refractivity contribution in [2.75, 3.05) is 18.9 Å². The molecule has 1 saturated carbocycles. The van der Waals surface area contributed by atoms with Crippen LogP contribution in [0.4, 0.5) is 5.69 Å². The van der Waals surface area contributed by atoms with Crippen molar-refractivity contribution < 1.29 is 13.5 Å². The van der Waals surface area contributed by atoms with E-state index in [4.69, 9.17) is 5.73 Å². The van der Waals surface area contributed by atoms with Crippen molar-refractivity contribution in [3.8, 4) is 0 Å². The van der Waals surface area contributed by atoms with Gasteiger partial charge >= 0.3 is 0 Å². The standard InChI is InChI=1S/C11H14Br2N2O3S/c12-8-3-7(14)4-9(13)10(8)19(17,18)15-5-11(6-16)1-2-11/h3-4,15-16H,1-2,5-6,14H2. The van der Waals surface area contributed by atoms with E-state index in [0.29, 0.717) is 14.6 Å². The number of nitrogen functional groups attached to an aromatic ring is 1. The van der Waals surface area contributed by atoms with E-state index >= 15 is 0 Å². The van der Waals surface area contributed by atoms with Gasteiger partial charge < -0.3 is 10.8 Å². The number of halogens is 2.